The third-order valence-electron chi connectivity index (χ3n) is 9.90. The Morgan fingerprint density at radius 1 is 0.962 bits per heavy atom. The summed E-state index contributed by atoms with van der Waals surface area (Å²) in [5.74, 6) is 0.358. The molecule has 11 nitrogen and oxygen atoms in total. The SMILES string of the molecule is COc1cc(CCC(=O)NC2CCCC2)ccc1Oc1nc(Nc2ccc(OCC3CCCN(C)C3)c(F)c2)ncc1C(=O)Nc1c(C)cccc1C. The normalized spacial score (nSPS) is 16.2. The topological polar surface area (TPSA) is 127 Å². The van der Waals surface area contributed by atoms with Gasteiger partial charge < -0.3 is 35.1 Å². The minimum atomic E-state index is -0.513. The monoisotopic (exact) mass is 724 g/mol. The Kier molecular flexibility index (Phi) is 12.4. The largest absolute Gasteiger partial charge is 0.493 e. The lowest BCUT2D eigenvalue weighted by Gasteiger charge is -2.29. The van der Waals surface area contributed by atoms with Crippen LogP contribution in [0.1, 0.15) is 72.0 Å². The Balaban J connectivity index is 1.20. The van der Waals surface area contributed by atoms with Gasteiger partial charge in [-0.1, -0.05) is 37.1 Å². The van der Waals surface area contributed by atoms with Gasteiger partial charge in [0, 0.05) is 48.6 Å². The first-order valence-corrected chi connectivity index (χ1v) is 18.4. The first-order valence-electron chi connectivity index (χ1n) is 18.4. The van der Waals surface area contributed by atoms with Crippen molar-refractivity contribution in [3.05, 3.63) is 88.9 Å². The standard InChI is InChI=1S/C41H49FN6O5/c1-26-9-7-10-27(2)38(26)46-39(50)32-23-43-41(45-31-16-18-34(33(42)22-31)52-25-29-11-8-20-48(3)24-29)47-40(32)53-35-17-14-28(21-36(35)51-4)15-19-37(49)44-30-12-5-6-13-30/h7,9-10,14,16-18,21-23,29-30H,5-6,8,11-13,15,19-20,24-25H2,1-4H3,(H,44,49)(H,46,50)(H,43,45,47). The fourth-order valence-corrected chi connectivity index (χ4v) is 6.98. The number of para-hydroxylation sites is 1. The van der Waals surface area contributed by atoms with Gasteiger partial charge in [-0.25, -0.2) is 9.37 Å². The van der Waals surface area contributed by atoms with E-state index in [4.69, 9.17) is 14.2 Å². The fourth-order valence-electron chi connectivity index (χ4n) is 6.98. The van der Waals surface area contributed by atoms with Crippen LogP contribution in [-0.4, -0.2) is 66.6 Å². The molecule has 1 saturated heterocycles. The highest BCUT2D eigenvalue weighted by Gasteiger charge is 2.22. The summed E-state index contributed by atoms with van der Waals surface area (Å²) in [6.07, 6.45) is 8.79. The van der Waals surface area contributed by atoms with Crippen LogP contribution < -0.4 is 30.2 Å². The number of rotatable bonds is 14. The van der Waals surface area contributed by atoms with E-state index in [0.29, 0.717) is 48.2 Å². The minimum Gasteiger partial charge on any atom is -0.493 e. The highest BCUT2D eigenvalue weighted by Crippen LogP contribution is 2.35. The number of aryl methyl sites for hydroxylation is 3. The molecule has 2 aliphatic rings. The third kappa shape index (κ3) is 10.0. The maximum atomic E-state index is 15.2. The van der Waals surface area contributed by atoms with Gasteiger partial charge in [-0.15, -0.1) is 0 Å². The minimum absolute atomic E-state index is 0.0336. The Hall–Kier alpha value is -5.23. The first kappa shape index (κ1) is 37.5. The quantitative estimate of drug-likeness (QED) is 0.120. The molecule has 1 aliphatic carbocycles. The van der Waals surface area contributed by atoms with Gasteiger partial charge in [0.05, 0.1) is 13.7 Å². The molecular weight excluding hydrogens is 675 g/mol. The number of hydrogen-bond acceptors (Lipinski definition) is 9. The lowest BCUT2D eigenvalue weighted by molar-refractivity contribution is -0.121. The zero-order valence-corrected chi connectivity index (χ0v) is 31.0. The number of carbonyl (C=O) groups excluding carboxylic acids is 2. The molecular formula is C41H49FN6O5. The van der Waals surface area contributed by atoms with Crippen LogP contribution in [0, 0.1) is 25.6 Å². The summed E-state index contributed by atoms with van der Waals surface area (Å²) in [7, 11) is 3.61. The van der Waals surface area contributed by atoms with E-state index in [1.54, 1.807) is 18.2 Å². The Morgan fingerprint density at radius 2 is 1.74 bits per heavy atom. The Labute approximate surface area is 310 Å². The van der Waals surface area contributed by atoms with Gasteiger partial charge in [0.15, 0.2) is 23.1 Å². The molecule has 6 rings (SSSR count). The van der Waals surface area contributed by atoms with Gasteiger partial charge >= 0.3 is 0 Å². The number of methoxy groups -OCH3 is 1. The van der Waals surface area contributed by atoms with Crippen LogP contribution >= 0.6 is 0 Å². The Bertz CT molecular complexity index is 1900. The summed E-state index contributed by atoms with van der Waals surface area (Å²) >= 11 is 0. The molecule has 2 heterocycles. The summed E-state index contributed by atoms with van der Waals surface area (Å²) in [5, 5.41) is 9.14. The van der Waals surface area contributed by atoms with E-state index in [1.807, 2.05) is 44.2 Å². The van der Waals surface area contributed by atoms with Crippen LogP contribution in [0.2, 0.25) is 0 Å². The summed E-state index contributed by atoms with van der Waals surface area (Å²) in [6.45, 7) is 6.27. The van der Waals surface area contributed by atoms with Crippen LogP contribution in [0.5, 0.6) is 23.1 Å². The second-order valence-electron chi connectivity index (χ2n) is 14.1. The van der Waals surface area contributed by atoms with Crippen molar-refractivity contribution in [2.24, 2.45) is 5.92 Å². The second kappa shape index (κ2) is 17.5. The zero-order chi connectivity index (χ0) is 37.3. The van der Waals surface area contributed by atoms with Crippen LogP contribution in [0.3, 0.4) is 0 Å². The number of anilines is 3. The van der Waals surface area contributed by atoms with Gasteiger partial charge in [-0.3, -0.25) is 9.59 Å². The van der Waals surface area contributed by atoms with Crippen molar-refractivity contribution in [3.8, 4) is 23.1 Å². The van der Waals surface area contributed by atoms with E-state index >= 15 is 4.39 Å². The number of nitrogens with one attached hydrogen (secondary N) is 3. The van der Waals surface area contributed by atoms with Crippen LogP contribution in [0.25, 0.3) is 0 Å². The number of carbonyl (C=O) groups is 2. The molecule has 0 radical (unpaired) electrons. The number of benzene rings is 3. The molecule has 1 aliphatic heterocycles. The highest BCUT2D eigenvalue weighted by atomic mass is 19.1. The number of hydrogen-bond donors (Lipinski definition) is 3. The van der Waals surface area contributed by atoms with Crippen molar-refractivity contribution < 1.29 is 28.2 Å². The molecule has 1 saturated carbocycles. The molecule has 53 heavy (non-hydrogen) atoms. The molecule has 0 bridgehead atoms. The fraction of sp³-hybridized carbons (Fsp3) is 0.415. The van der Waals surface area contributed by atoms with Crippen molar-refractivity contribution in [3.63, 3.8) is 0 Å². The molecule has 3 aromatic carbocycles. The lowest BCUT2D eigenvalue weighted by atomic mass is 10.00. The maximum Gasteiger partial charge on any atom is 0.262 e. The smallest absolute Gasteiger partial charge is 0.262 e. The van der Waals surface area contributed by atoms with Gasteiger partial charge in [0.2, 0.25) is 17.7 Å². The molecule has 3 N–H and O–H groups in total. The second-order valence-corrected chi connectivity index (χ2v) is 14.1. The maximum absolute atomic E-state index is 15.2. The molecule has 2 amide bonds. The van der Waals surface area contributed by atoms with Crippen molar-refractivity contribution >= 4 is 29.1 Å². The predicted octanol–water partition coefficient (Wildman–Crippen LogP) is 7.74. The number of ether oxygens (including phenoxy) is 3. The zero-order valence-electron chi connectivity index (χ0n) is 31.0. The van der Waals surface area contributed by atoms with E-state index < -0.39 is 11.7 Å². The summed E-state index contributed by atoms with van der Waals surface area (Å²) in [6, 6.07) is 16.0. The van der Waals surface area contributed by atoms with Crippen molar-refractivity contribution in [1.82, 2.24) is 20.2 Å². The first-order chi connectivity index (χ1) is 25.6. The number of amides is 2. The average molecular weight is 725 g/mol. The van der Waals surface area contributed by atoms with E-state index in [2.05, 4.69) is 37.9 Å². The van der Waals surface area contributed by atoms with Crippen LogP contribution in [-0.2, 0) is 11.2 Å². The Morgan fingerprint density at radius 3 is 2.47 bits per heavy atom. The molecule has 4 aromatic rings. The summed E-state index contributed by atoms with van der Waals surface area (Å²) in [4.78, 5) is 37.5. The summed E-state index contributed by atoms with van der Waals surface area (Å²) in [5.41, 5.74) is 3.85. The molecule has 1 unspecified atom stereocenters. The molecule has 2 fully saturated rings. The predicted molar refractivity (Wildman–Crippen MR) is 203 cm³/mol. The van der Waals surface area contributed by atoms with Gasteiger partial charge in [0.25, 0.3) is 5.91 Å². The van der Waals surface area contributed by atoms with E-state index in [-0.39, 0.29) is 35.1 Å². The van der Waals surface area contributed by atoms with Gasteiger partial charge in [-0.05, 0) is 100 Å². The van der Waals surface area contributed by atoms with E-state index in [0.717, 1.165) is 68.3 Å². The van der Waals surface area contributed by atoms with E-state index in [9.17, 15) is 9.59 Å². The average Bonchev–Trinajstić information content (AvgIpc) is 3.65. The highest BCUT2D eigenvalue weighted by molar-refractivity contribution is 6.06. The van der Waals surface area contributed by atoms with Crippen molar-refractivity contribution in [2.45, 2.75) is 71.3 Å². The lowest BCUT2D eigenvalue weighted by Crippen LogP contribution is -2.34. The molecule has 280 valence electrons. The number of nitrogens with zero attached hydrogens (tertiary/aromatic N) is 3. The number of halogens is 1. The van der Waals surface area contributed by atoms with Gasteiger partial charge in [-0.2, -0.15) is 4.98 Å². The third-order valence-corrected chi connectivity index (χ3v) is 9.90. The molecule has 0 spiro atoms. The molecule has 1 atom stereocenters. The number of aromatic nitrogens is 2. The van der Waals surface area contributed by atoms with Crippen LogP contribution in [0.15, 0.2) is 60.8 Å². The molecule has 12 heteroatoms. The molecule has 1 aromatic heterocycles. The number of likely N-dealkylation sites (tertiary alicyclic amines) is 1. The van der Waals surface area contributed by atoms with Crippen molar-refractivity contribution in [2.75, 3.05) is 44.5 Å². The summed E-state index contributed by atoms with van der Waals surface area (Å²) < 4.78 is 33.0. The number of piperidine rings is 1. The van der Waals surface area contributed by atoms with Gasteiger partial charge in [0.1, 0.15) is 5.56 Å². The van der Waals surface area contributed by atoms with Crippen molar-refractivity contribution in [1.29, 1.82) is 0 Å². The van der Waals surface area contributed by atoms with Crippen LogP contribution in [0.4, 0.5) is 21.7 Å². The van der Waals surface area contributed by atoms with E-state index in [1.165, 1.54) is 19.4 Å².